The minimum Gasteiger partial charge on any atom is -0.207 e. The summed E-state index contributed by atoms with van der Waals surface area (Å²) in [6, 6.07) is 2.14. The zero-order valence-corrected chi connectivity index (χ0v) is 14.0. The highest BCUT2D eigenvalue weighted by Crippen LogP contribution is 2.28. The minimum atomic E-state index is -3.76. The monoisotopic (exact) mass is 341 g/mol. The minimum absolute atomic E-state index is 0.0478. The molecule has 1 aromatic carbocycles. The maximum absolute atomic E-state index is 13.7. The van der Waals surface area contributed by atoms with E-state index in [0.29, 0.717) is 12.8 Å². The lowest BCUT2D eigenvalue weighted by Gasteiger charge is -2.25. The molecule has 0 radical (unpaired) electrons. The summed E-state index contributed by atoms with van der Waals surface area (Å²) >= 11 is 11.4. The molecule has 0 aliphatic rings. The van der Waals surface area contributed by atoms with Crippen molar-refractivity contribution in [1.29, 1.82) is 0 Å². The van der Waals surface area contributed by atoms with Crippen LogP contribution >= 0.6 is 23.2 Å². The van der Waals surface area contributed by atoms with Gasteiger partial charge in [-0.1, -0.05) is 25.4 Å². The first-order chi connectivity index (χ1) is 9.29. The molecular weight excluding hydrogens is 324 g/mol. The molecule has 0 aliphatic carbocycles. The molecule has 0 N–H and O–H groups in total. The third kappa shape index (κ3) is 3.45. The van der Waals surface area contributed by atoms with Crippen LogP contribution in [0, 0.1) is 5.82 Å². The fourth-order valence-corrected chi connectivity index (χ4v) is 4.05. The molecule has 0 saturated heterocycles. The van der Waals surface area contributed by atoms with E-state index in [-0.39, 0.29) is 27.4 Å². The van der Waals surface area contributed by atoms with Crippen LogP contribution in [0.25, 0.3) is 0 Å². The number of benzene rings is 1. The van der Waals surface area contributed by atoms with E-state index in [2.05, 4.69) is 0 Å². The van der Waals surface area contributed by atoms with Gasteiger partial charge in [0.05, 0.1) is 9.92 Å². The first kappa shape index (κ1) is 17.7. The second-order valence-corrected chi connectivity index (χ2v) is 7.15. The molecule has 0 saturated carbocycles. The molecular formula is C13H18Cl2FNO2S. The molecule has 0 spiro atoms. The van der Waals surface area contributed by atoms with Crippen molar-refractivity contribution < 1.29 is 12.8 Å². The zero-order chi connectivity index (χ0) is 15.5. The van der Waals surface area contributed by atoms with E-state index in [1.165, 1.54) is 17.4 Å². The Labute approximate surface area is 129 Å². The Morgan fingerprint density at radius 2 is 1.85 bits per heavy atom. The van der Waals surface area contributed by atoms with Crippen LogP contribution in [0.15, 0.2) is 17.0 Å². The van der Waals surface area contributed by atoms with Crippen LogP contribution in [-0.2, 0) is 15.9 Å². The molecule has 0 unspecified atom stereocenters. The molecule has 0 aliphatic heterocycles. The highest BCUT2D eigenvalue weighted by atomic mass is 35.5. The van der Waals surface area contributed by atoms with Gasteiger partial charge in [0, 0.05) is 19.0 Å². The van der Waals surface area contributed by atoms with Crippen LogP contribution in [0.5, 0.6) is 0 Å². The third-order valence-electron chi connectivity index (χ3n) is 3.35. The van der Waals surface area contributed by atoms with Crippen molar-refractivity contribution in [2.45, 2.75) is 43.5 Å². The predicted molar refractivity (Wildman–Crippen MR) is 80.3 cm³/mol. The van der Waals surface area contributed by atoms with E-state index in [0.717, 1.165) is 6.07 Å². The quantitative estimate of drug-likeness (QED) is 0.732. The van der Waals surface area contributed by atoms with Gasteiger partial charge in [0.15, 0.2) is 0 Å². The number of hydrogen-bond donors (Lipinski definition) is 0. The summed E-state index contributed by atoms with van der Waals surface area (Å²) in [4.78, 5) is -0.121. The van der Waals surface area contributed by atoms with Crippen LogP contribution in [-0.4, -0.2) is 25.8 Å². The molecule has 0 bridgehead atoms. The van der Waals surface area contributed by atoms with E-state index in [1.807, 2.05) is 13.8 Å². The summed E-state index contributed by atoms with van der Waals surface area (Å²) in [5.74, 6) is -0.824. The Bertz CT molecular complexity index is 574. The van der Waals surface area contributed by atoms with E-state index < -0.39 is 15.8 Å². The van der Waals surface area contributed by atoms with E-state index in [1.54, 1.807) is 0 Å². The van der Waals surface area contributed by atoms with Gasteiger partial charge in [-0.2, -0.15) is 4.31 Å². The topological polar surface area (TPSA) is 37.4 Å². The maximum Gasteiger partial charge on any atom is 0.243 e. The predicted octanol–water partition coefficient (Wildman–Crippen LogP) is 4.03. The molecule has 1 rings (SSSR count). The number of nitrogens with zero attached hydrogens (tertiary/aromatic N) is 1. The Morgan fingerprint density at radius 1 is 1.30 bits per heavy atom. The van der Waals surface area contributed by atoms with Crippen LogP contribution in [0.3, 0.4) is 0 Å². The standard InChI is InChI=1S/C13H18Cl2FNO2S/c1-4-10(5-2)17(3)20(18,19)11-6-9(8-14)13(15)12(16)7-11/h6-7,10H,4-5,8H2,1-3H3. The van der Waals surface area contributed by atoms with Crippen LogP contribution in [0.1, 0.15) is 32.3 Å². The van der Waals surface area contributed by atoms with E-state index >= 15 is 0 Å². The number of sulfonamides is 1. The lowest BCUT2D eigenvalue weighted by Crippen LogP contribution is -2.36. The van der Waals surface area contributed by atoms with Gasteiger partial charge in [0.1, 0.15) is 5.82 Å². The maximum atomic E-state index is 13.7. The summed E-state index contributed by atoms with van der Waals surface area (Å²) < 4.78 is 40.0. The van der Waals surface area contributed by atoms with Gasteiger partial charge in [-0.05, 0) is 30.5 Å². The molecule has 0 atom stereocenters. The number of alkyl halides is 1. The largest absolute Gasteiger partial charge is 0.243 e. The van der Waals surface area contributed by atoms with Gasteiger partial charge in [0.25, 0.3) is 0 Å². The van der Waals surface area contributed by atoms with Crippen LogP contribution < -0.4 is 0 Å². The molecule has 0 aromatic heterocycles. The highest BCUT2D eigenvalue weighted by Gasteiger charge is 2.27. The smallest absolute Gasteiger partial charge is 0.207 e. The van der Waals surface area contributed by atoms with Crippen molar-refractivity contribution in [3.63, 3.8) is 0 Å². The zero-order valence-electron chi connectivity index (χ0n) is 11.7. The fourth-order valence-electron chi connectivity index (χ4n) is 2.03. The summed E-state index contributed by atoms with van der Waals surface area (Å²) in [6.45, 7) is 3.82. The first-order valence-electron chi connectivity index (χ1n) is 6.31. The van der Waals surface area contributed by atoms with Gasteiger partial charge in [-0.3, -0.25) is 0 Å². The fraction of sp³-hybridized carbons (Fsp3) is 0.538. The SMILES string of the molecule is CCC(CC)N(C)S(=O)(=O)c1cc(F)c(Cl)c(CCl)c1. The Hall–Kier alpha value is -0.360. The van der Waals surface area contributed by atoms with Crippen LogP contribution in [0.2, 0.25) is 5.02 Å². The molecule has 1 aromatic rings. The molecule has 114 valence electrons. The molecule has 3 nitrogen and oxygen atoms in total. The van der Waals surface area contributed by atoms with Gasteiger partial charge in [0.2, 0.25) is 10.0 Å². The van der Waals surface area contributed by atoms with Gasteiger partial charge >= 0.3 is 0 Å². The van der Waals surface area contributed by atoms with Crippen molar-refractivity contribution in [3.05, 3.63) is 28.5 Å². The Balaban J connectivity index is 3.32. The molecule has 0 fully saturated rings. The van der Waals surface area contributed by atoms with Gasteiger partial charge in [-0.25, -0.2) is 12.8 Å². The molecule has 20 heavy (non-hydrogen) atoms. The summed E-state index contributed by atoms with van der Waals surface area (Å²) in [5.41, 5.74) is 0.268. The number of hydrogen-bond acceptors (Lipinski definition) is 2. The van der Waals surface area contributed by atoms with Crippen molar-refractivity contribution >= 4 is 33.2 Å². The van der Waals surface area contributed by atoms with E-state index in [9.17, 15) is 12.8 Å². The van der Waals surface area contributed by atoms with E-state index in [4.69, 9.17) is 23.2 Å². The second kappa shape index (κ2) is 7.07. The average molecular weight is 342 g/mol. The first-order valence-corrected chi connectivity index (χ1v) is 8.66. The lowest BCUT2D eigenvalue weighted by atomic mass is 10.2. The number of halogens is 3. The van der Waals surface area contributed by atoms with Crippen molar-refractivity contribution in [2.24, 2.45) is 0 Å². The van der Waals surface area contributed by atoms with Crippen LogP contribution in [0.4, 0.5) is 4.39 Å². The normalized spacial score (nSPS) is 12.4. The second-order valence-electron chi connectivity index (χ2n) is 4.50. The Kier molecular flexibility index (Phi) is 6.25. The molecule has 0 amide bonds. The molecule has 7 heteroatoms. The van der Waals surface area contributed by atoms with Crippen molar-refractivity contribution in [2.75, 3.05) is 7.05 Å². The summed E-state index contributed by atoms with van der Waals surface area (Å²) in [5, 5.41) is -0.135. The third-order valence-corrected chi connectivity index (χ3v) is 5.95. The van der Waals surface area contributed by atoms with Gasteiger partial charge < -0.3 is 0 Å². The molecule has 0 heterocycles. The highest BCUT2D eigenvalue weighted by molar-refractivity contribution is 7.89. The summed E-state index contributed by atoms with van der Waals surface area (Å²) in [6.07, 6.45) is 1.37. The Morgan fingerprint density at radius 3 is 2.30 bits per heavy atom. The van der Waals surface area contributed by atoms with Crippen molar-refractivity contribution in [3.8, 4) is 0 Å². The number of rotatable bonds is 6. The van der Waals surface area contributed by atoms with Gasteiger partial charge in [-0.15, -0.1) is 11.6 Å². The lowest BCUT2D eigenvalue weighted by molar-refractivity contribution is 0.349. The average Bonchev–Trinajstić information content (AvgIpc) is 2.42. The van der Waals surface area contributed by atoms with Crippen molar-refractivity contribution in [1.82, 2.24) is 4.31 Å². The summed E-state index contributed by atoms with van der Waals surface area (Å²) in [7, 11) is -2.26.